The van der Waals surface area contributed by atoms with Crippen LogP contribution in [0.3, 0.4) is 0 Å². The smallest absolute Gasteiger partial charge is 0.325 e. The summed E-state index contributed by atoms with van der Waals surface area (Å²) in [5, 5.41) is 10.9. The highest BCUT2D eigenvalue weighted by molar-refractivity contribution is 7.91. The molecule has 2 fully saturated rings. The lowest BCUT2D eigenvalue weighted by molar-refractivity contribution is -0.140. The van der Waals surface area contributed by atoms with E-state index in [1.54, 1.807) is 13.0 Å². The van der Waals surface area contributed by atoms with Crippen LogP contribution in [0.25, 0.3) is 0 Å². The lowest BCUT2D eigenvalue weighted by atomic mass is 9.93. The van der Waals surface area contributed by atoms with Crippen molar-refractivity contribution >= 4 is 32.3 Å². The molecule has 0 unspecified atom stereocenters. The van der Waals surface area contributed by atoms with Gasteiger partial charge in [-0.05, 0) is 38.0 Å². The highest BCUT2D eigenvalue weighted by Crippen LogP contribution is 2.58. The highest BCUT2D eigenvalue weighted by atomic mass is 32.2. The molecule has 9 heteroatoms. The second-order valence-corrected chi connectivity index (χ2v) is 11.9. The fourth-order valence-electron chi connectivity index (χ4n) is 4.51. The summed E-state index contributed by atoms with van der Waals surface area (Å²) in [5.74, 6) is -1.15. The number of rotatable bonds is 7. The normalized spacial score (nSPS) is 26.9. The monoisotopic (exact) mass is 463 g/mol. The van der Waals surface area contributed by atoms with Crippen molar-refractivity contribution < 1.29 is 18.3 Å². The number of nitrogens with one attached hydrogen (secondary N) is 1. The maximum Gasteiger partial charge on any atom is 0.325 e. The molecule has 2 aliphatic rings. The van der Waals surface area contributed by atoms with Crippen molar-refractivity contribution in [2.75, 3.05) is 31.1 Å². The van der Waals surface area contributed by atoms with E-state index in [4.69, 9.17) is 0 Å². The molecular weight excluding hydrogens is 434 g/mol. The van der Waals surface area contributed by atoms with E-state index < -0.39 is 26.9 Å². The van der Waals surface area contributed by atoms with Crippen LogP contribution in [0, 0.1) is 0 Å². The topological polar surface area (TPSA) is 90.0 Å². The van der Waals surface area contributed by atoms with Crippen LogP contribution in [-0.4, -0.2) is 62.2 Å². The van der Waals surface area contributed by atoms with Gasteiger partial charge in [-0.15, -0.1) is 11.3 Å². The lowest BCUT2D eigenvalue weighted by Crippen LogP contribution is -2.48. The van der Waals surface area contributed by atoms with Gasteiger partial charge in [-0.3, -0.25) is 9.69 Å². The maximum absolute atomic E-state index is 13.2. The molecule has 1 saturated carbocycles. The summed E-state index contributed by atoms with van der Waals surface area (Å²) < 4.78 is 29.0. The van der Waals surface area contributed by atoms with Gasteiger partial charge >= 0.3 is 5.97 Å². The third kappa shape index (κ3) is 3.88. The van der Waals surface area contributed by atoms with E-state index in [-0.39, 0.29) is 10.6 Å². The molecule has 1 aliphatic carbocycles. The number of piperazine rings is 1. The number of carboxylic acid groups (broad SMARTS) is 1. The van der Waals surface area contributed by atoms with Gasteiger partial charge in [0.2, 0.25) is 0 Å². The van der Waals surface area contributed by atoms with Gasteiger partial charge in [0.1, 0.15) is 9.75 Å². The third-order valence-corrected chi connectivity index (χ3v) is 9.84. The van der Waals surface area contributed by atoms with Crippen LogP contribution < -0.4 is 9.62 Å². The Hall–Kier alpha value is -1.94. The second-order valence-electron chi connectivity index (χ2n) is 8.90. The van der Waals surface area contributed by atoms with E-state index in [2.05, 4.69) is 28.4 Å². The molecule has 2 aromatic rings. The summed E-state index contributed by atoms with van der Waals surface area (Å²) in [6.45, 7) is 9.72. The van der Waals surface area contributed by atoms with Gasteiger partial charge in [-0.25, -0.2) is 8.42 Å². The first-order chi connectivity index (χ1) is 14.6. The van der Waals surface area contributed by atoms with Gasteiger partial charge in [0.25, 0.3) is 10.0 Å². The van der Waals surface area contributed by atoms with Crippen molar-refractivity contribution in [1.29, 1.82) is 0 Å². The molecule has 7 nitrogen and oxygen atoms in total. The average molecular weight is 464 g/mol. The van der Waals surface area contributed by atoms with Crippen molar-refractivity contribution in [1.82, 2.24) is 9.62 Å². The molecule has 2 N–H and O–H groups in total. The van der Waals surface area contributed by atoms with Crippen LogP contribution in [0.2, 0.25) is 0 Å². The Morgan fingerprint density at radius 2 is 1.74 bits per heavy atom. The van der Waals surface area contributed by atoms with Crippen molar-refractivity contribution in [3.63, 3.8) is 0 Å². The molecular formula is C22H29N3O4S2. The van der Waals surface area contributed by atoms with Crippen LogP contribution in [0.4, 0.5) is 5.00 Å². The first kappa shape index (κ1) is 22.3. The van der Waals surface area contributed by atoms with Crippen LogP contribution in [0.5, 0.6) is 0 Å². The lowest BCUT2D eigenvalue weighted by Gasteiger charge is -2.37. The number of sulfonamides is 1. The number of carboxylic acids is 1. The molecule has 0 bridgehead atoms. The highest BCUT2D eigenvalue weighted by Gasteiger charge is 2.72. The zero-order valence-electron chi connectivity index (χ0n) is 18.0. The van der Waals surface area contributed by atoms with Gasteiger partial charge in [-0.1, -0.05) is 37.3 Å². The van der Waals surface area contributed by atoms with Gasteiger partial charge in [0, 0.05) is 37.6 Å². The quantitative estimate of drug-likeness (QED) is 0.656. The van der Waals surface area contributed by atoms with Gasteiger partial charge < -0.3 is 10.0 Å². The minimum atomic E-state index is -3.97. The Bertz CT molecular complexity index is 1060. The molecule has 0 radical (unpaired) electrons. The molecule has 2 heterocycles. The molecule has 4 rings (SSSR count). The summed E-state index contributed by atoms with van der Waals surface area (Å²) in [5.41, 5.74) is -1.52. The summed E-state index contributed by atoms with van der Waals surface area (Å²) in [7, 11) is -3.97. The van der Waals surface area contributed by atoms with Gasteiger partial charge in [-0.2, -0.15) is 4.72 Å². The summed E-state index contributed by atoms with van der Waals surface area (Å²) in [4.78, 5) is 16.8. The summed E-state index contributed by atoms with van der Waals surface area (Å²) >= 11 is 1.20. The van der Waals surface area contributed by atoms with E-state index in [9.17, 15) is 18.3 Å². The molecule has 168 valence electrons. The number of hydrogen-bond donors (Lipinski definition) is 2. The average Bonchev–Trinajstić information content (AvgIpc) is 3.11. The van der Waals surface area contributed by atoms with E-state index in [1.807, 2.05) is 36.4 Å². The molecule has 1 aliphatic heterocycles. The Morgan fingerprint density at radius 3 is 2.32 bits per heavy atom. The van der Waals surface area contributed by atoms with Gasteiger partial charge in [0.15, 0.2) is 0 Å². The van der Waals surface area contributed by atoms with Crippen molar-refractivity contribution in [2.24, 2.45) is 0 Å². The summed E-state index contributed by atoms with van der Waals surface area (Å²) in [6.07, 6.45) is 0.216. The molecule has 1 aromatic carbocycles. The number of aliphatic carboxylic acids is 1. The van der Waals surface area contributed by atoms with E-state index >= 15 is 0 Å². The Balaban J connectivity index is 1.53. The van der Waals surface area contributed by atoms with Crippen molar-refractivity contribution in [2.45, 2.75) is 48.4 Å². The molecule has 0 spiro atoms. The van der Waals surface area contributed by atoms with E-state index in [0.29, 0.717) is 6.04 Å². The van der Waals surface area contributed by atoms with Crippen LogP contribution >= 0.6 is 11.3 Å². The number of carbonyl (C=O) groups is 1. The zero-order valence-corrected chi connectivity index (χ0v) is 19.7. The molecule has 1 aromatic heterocycles. The van der Waals surface area contributed by atoms with Crippen LogP contribution in [0.15, 0.2) is 46.7 Å². The van der Waals surface area contributed by atoms with Crippen molar-refractivity contribution in [3.05, 3.63) is 48.0 Å². The largest absolute Gasteiger partial charge is 0.480 e. The van der Waals surface area contributed by atoms with Gasteiger partial charge in [0.05, 0.1) is 5.00 Å². The van der Waals surface area contributed by atoms with Crippen LogP contribution in [0.1, 0.15) is 32.8 Å². The summed E-state index contributed by atoms with van der Waals surface area (Å²) in [6, 6.07) is 13.1. The minimum absolute atomic E-state index is 0.150. The minimum Gasteiger partial charge on any atom is -0.480 e. The fraction of sp³-hybridized carbons (Fsp3) is 0.500. The van der Waals surface area contributed by atoms with Crippen molar-refractivity contribution in [3.8, 4) is 0 Å². The predicted molar refractivity (Wildman–Crippen MR) is 122 cm³/mol. The fourth-order valence-corrected chi connectivity index (χ4v) is 7.31. The SMILES string of the molecule is CC(C)N1CCN(c2ccc(S(=O)(=O)N[C@@]3(C(=O)O)C[C@]3(C)c3ccccc3)s2)CC1. The number of nitrogens with zero attached hydrogens (tertiary/aromatic N) is 2. The molecule has 0 amide bonds. The molecule has 2 atom stereocenters. The van der Waals surface area contributed by atoms with E-state index in [1.165, 1.54) is 11.3 Å². The first-order valence-electron chi connectivity index (χ1n) is 10.5. The Kier molecular flexibility index (Phi) is 5.66. The molecule has 31 heavy (non-hydrogen) atoms. The number of benzene rings is 1. The Labute approximate surface area is 187 Å². The second kappa shape index (κ2) is 7.88. The number of thiophene rings is 1. The standard InChI is InChI=1S/C22H29N3O4S2/c1-16(2)24-11-13-25(14-12-24)18-9-10-19(30-18)31(28,29)23-22(20(26)27)15-21(22,3)17-7-5-4-6-8-17/h4-10,16,23H,11-15H2,1-3H3,(H,26,27)/t21-,22-/m1/s1. The number of anilines is 1. The molecule has 1 saturated heterocycles. The maximum atomic E-state index is 13.2. The zero-order chi connectivity index (χ0) is 22.4. The third-order valence-electron chi connectivity index (χ3n) is 6.71. The Morgan fingerprint density at radius 1 is 1.10 bits per heavy atom. The van der Waals surface area contributed by atoms with Crippen LogP contribution in [-0.2, 0) is 20.2 Å². The van der Waals surface area contributed by atoms with E-state index in [0.717, 1.165) is 36.7 Å². The first-order valence-corrected chi connectivity index (χ1v) is 12.8. The predicted octanol–water partition coefficient (Wildman–Crippen LogP) is 2.74. The number of hydrogen-bond acceptors (Lipinski definition) is 6.